The Morgan fingerprint density at radius 2 is 1.81 bits per heavy atom. The fourth-order valence-corrected chi connectivity index (χ4v) is 3.65. The molecule has 0 radical (unpaired) electrons. The largest absolute Gasteiger partial charge is 0.481 e. The van der Waals surface area contributed by atoms with E-state index in [0.29, 0.717) is 18.3 Å². The Morgan fingerprint density at radius 3 is 2.29 bits per heavy atom. The fraction of sp³-hybridized carbons (Fsp3) is 0.882. The molecule has 3 unspecified atom stereocenters. The van der Waals surface area contributed by atoms with Crippen molar-refractivity contribution < 1.29 is 19.4 Å². The van der Waals surface area contributed by atoms with Gasteiger partial charge in [0.05, 0.1) is 18.9 Å². The maximum absolute atomic E-state index is 12.0. The van der Waals surface area contributed by atoms with Crippen molar-refractivity contribution >= 4 is 11.9 Å². The summed E-state index contributed by atoms with van der Waals surface area (Å²) in [5, 5.41) is 9.07. The number of hydrogen-bond donors (Lipinski definition) is 1. The van der Waals surface area contributed by atoms with Crippen LogP contribution in [0.15, 0.2) is 0 Å². The van der Waals surface area contributed by atoms with Crippen LogP contribution >= 0.6 is 0 Å². The van der Waals surface area contributed by atoms with Crippen LogP contribution in [-0.2, 0) is 14.3 Å². The van der Waals surface area contributed by atoms with Crippen molar-refractivity contribution in [1.29, 1.82) is 0 Å². The van der Waals surface area contributed by atoms with Gasteiger partial charge in [0.25, 0.3) is 0 Å². The molecule has 1 fully saturated rings. The quantitative estimate of drug-likeness (QED) is 0.691. The molecule has 0 aromatic carbocycles. The van der Waals surface area contributed by atoms with Crippen molar-refractivity contribution in [1.82, 2.24) is 0 Å². The standard InChI is InChI=1S/C17H30O4/c1-4-13(14-8-6-5-7-9-14)11-15(17(20)21-3)10-12(2)16(18)19/h12-15H,4-11H2,1-3H3,(H,18,19). The molecule has 1 rings (SSSR count). The zero-order chi connectivity index (χ0) is 15.8. The molecule has 1 N–H and O–H groups in total. The third kappa shape index (κ3) is 5.68. The van der Waals surface area contributed by atoms with Crippen LogP contribution in [-0.4, -0.2) is 24.2 Å². The zero-order valence-electron chi connectivity index (χ0n) is 13.6. The summed E-state index contributed by atoms with van der Waals surface area (Å²) < 4.78 is 4.89. The molecule has 0 saturated heterocycles. The smallest absolute Gasteiger partial charge is 0.308 e. The van der Waals surface area contributed by atoms with E-state index in [1.807, 2.05) is 0 Å². The Kier molecular flexibility index (Phi) is 7.76. The number of aliphatic carboxylic acids is 1. The van der Waals surface area contributed by atoms with Gasteiger partial charge in [0.1, 0.15) is 0 Å². The van der Waals surface area contributed by atoms with Crippen LogP contribution in [0.2, 0.25) is 0 Å². The van der Waals surface area contributed by atoms with Gasteiger partial charge in [-0.3, -0.25) is 9.59 Å². The highest BCUT2D eigenvalue weighted by Crippen LogP contribution is 2.36. The monoisotopic (exact) mass is 298 g/mol. The van der Waals surface area contributed by atoms with Crippen molar-refractivity contribution in [2.75, 3.05) is 7.11 Å². The van der Waals surface area contributed by atoms with Crippen molar-refractivity contribution in [3.63, 3.8) is 0 Å². The average molecular weight is 298 g/mol. The number of esters is 1. The third-order valence-electron chi connectivity index (χ3n) is 5.02. The van der Waals surface area contributed by atoms with Crippen molar-refractivity contribution in [2.45, 2.75) is 65.2 Å². The normalized spacial score (nSPS) is 20.5. The predicted molar refractivity (Wildman–Crippen MR) is 81.9 cm³/mol. The van der Waals surface area contributed by atoms with E-state index in [1.165, 1.54) is 39.2 Å². The Bertz CT molecular complexity index is 334. The van der Waals surface area contributed by atoms with E-state index in [1.54, 1.807) is 6.92 Å². The lowest BCUT2D eigenvalue weighted by molar-refractivity contribution is -0.148. The summed E-state index contributed by atoms with van der Waals surface area (Å²) in [6.45, 7) is 3.84. The van der Waals surface area contributed by atoms with E-state index < -0.39 is 11.9 Å². The van der Waals surface area contributed by atoms with Gasteiger partial charge < -0.3 is 9.84 Å². The molecule has 0 bridgehead atoms. The highest BCUT2D eigenvalue weighted by Gasteiger charge is 2.31. The van der Waals surface area contributed by atoms with Gasteiger partial charge in [0.15, 0.2) is 0 Å². The predicted octanol–water partition coefficient (Wildman–Crippen LogP) is 3.88. The lowest BCUT2D eigenvalue weighted by atomic mass is 9.74. The number of carbonyl (C=O) groups excluding carboxylic acids is 1. The Morgan fingerprint density at radius 1 is 1.19 bits per heavy atom. The van der Waals surface area contributed by atoms with Crippen LogP contribution < -0.4 is 0 Å². The first-order valence-corrected chi connectivity index (χ1v) is 8.30. The van der Waals surface area contributed by atoms with Crippen LogP contribution in [0.1, 0.15) is 65.2 Å². The number of methoxy groups -OCH3 is 1. The minimum absolute atomic E-state index is 0.252. The Labute approximate surface area is 128 Å². The number of carboxylic acid groups (broad SMARTS) is 1. The molecule has 21 heavy (non-hydrogen) atoms. The van der Waals surface area contributed by atoms with Gasteiger partial charge in [0.2, 0.25) is 0 Å². The van der Waals surface area contributed by atoms with E-state index in [-0.39, 0.29) is 11.9 Å². The summed E-state index contributed by atoms with van der Waals surface area (Å²) in [6, 6.07) is 0. The molecule has 1 saturated carbocycles. The van der Waals surface area contributed by atoms with Gasteiger partial charge in [-0.25, -0.2) is 0 Å². The van der Waals surface area contributed by atoms with Gasteiger partial charge >= 0.3 is 11.9 Å². The maximum atomic E-state index is 12.0. The first-order valence-electron chi connectivity index (χ1n) is 8.30. The van der Waals surface area contributed by atoms with E-state index in [2.05, 4.69) is 6.92 Å². The second kappa shape index (κ2) is 9.06. The second-order valence-electron chi connectivity index (χ2n) is 6.50. The minimum atomic E-state index is -0.838. The highest BCUT2D eigenvalue weighted by atomic mass is 16.5. The topological polar surface area (TPSA) is 63.6 Å². The van der Waals surface area contributed by atoms with E-state index >= 15 is 0 Å². The zero-order valence-corrected chi connectivity index (χ0v) is 13.6. The first-order chi connectivity index (χ1) is 9.99. The molecule has 0 amide bonds. The summed E-state index contributed by atoms with van der Waals surface area (Å²) in [7, 11) is 1.39. The van der Waals surface area contributed by atoms with Gasteiger partial charge in [-0.1, -0.05) is 52.4 Å². The highest BCUT2D eigenvalue weighted by molar-refractivity contribution is 5.74. The maximum Gasteiger partial charge on any atom is 0.308 e. The molecule has 3 atom stereocenters. The van der Waals surface area contributed by atoms with E-state index in [0.717, 1.165) is 12.8 Å². The van der Waals surface area contributed by atoms with Crippen molar-refractivity contribution in [2.24, 2.45) is 23.7 Å². The molecule has 0 spiro atoms. The van der Waals surface area contributed by atoms with Gasteiger partial charge in [-0.15, -0.1) is 0 Å². The molecule has 4 nitrogen and oxygen atoms in total. The number of carboxylic acids is 1. The van der Waals surface area contributed by atoms with Gasteiger partial charge in [0, 0.05) is 0 Å². The van der Waals surface area contributed by atoms with Crippen LogP contribution in [0, 0.1) is 23.7 Å². The molecular weight excluding hydrogens is 268 g/mol. The molecule has 0 aromatic rings. The SMILES string of the molecule is CCC(CC(CC(C)C(=O)O)C(=O)OC)C1CCCCC1. The summed E-state index contributed by atoms with van der Waals surface area (Å²) >= 11 is 0. The molecule has 4 heteroatoms. The van der Waals surface area contributed by atoms with Crippen LogP contribution in [0.5, 0.6) is 0 Å². The third-order valence-corrected chi connectivity index (χ3v) is 5.02. The van der Waals surface area contributed by atoms with Crippen molar-refractivity contribution in [3.05, 3.63) is 0 Å². The van der Waals surface area contributed by atoms with E-state index in [9.17, 15) is 9.59 Å². The molecule has 0 heterocycles. The van der Waals surface area contributed by atoms with Gasteiger partial charge in [-0.05, 0) is 24.7 Å². The average Bonchev–Trinajstić information content (AvgIpc) is 2.51. The molecule has 1 aliphatic carbocycles. The number of rotatable bonds is 8. The Hall–Kier alpha value is -1.06. The first kappa shape index (κ1) is 18.0. The second-order valence-corrected chi connectivity index (χ2v) is 6.50. The summed E-state index contributed by atoms with van der Waals surface area (Å²) in [5.41, 5.74) is 0. The fourth-order valence-electron chi connectivity index (χ4n) is 3.65. The molecule has 0 aliphatic heterocycles. The van der Waals surface area contributed by atoms with E-state index in [4.69, 9.17) is 9.84 Å². The number of hydrogen-bond acceptors (Lipinski definition) is 3. The van der Waals surface area contributed by atoms with Crippen LogP contribution in [0.4, 0.5) is 0 Å². The van der Waals surface area contributed by atoms with Gasteiger partial charge in [-0.2, -0.15) is 0 Å². The summed E-state index contributed by atoms with van der Waals surface area (Å²) in [4.78, 5) is 23.0. The number of carbonyl (C=O) groups is 2. The minimum Gasteiger partial charge on any atom is -0.481 e. The van der Waals surface area contributed by atoms with Crippen LogP contribution in [0.3, 0.4) is 0 Å². The molecule has 1 aliphatic rings. The lowest BCUT2D eigenvalue weighted by Gasteiger charge is -2.32. The molecule has 0 aromatic heterocycles. The number of ether oxygens (including phenoxy) is 1. The summed E-state index contributed by atoms with van der Waals surface area (Å²) in [5.74, 6) is -0.677. The Balaban J connectivity index is 2.68. The van der Waals surface area contributed by atoms with Crippen LogP contribution in [0.25, 0.3) is 0 Å². The molecule has 122 valence electrons. The van der Waals surface area contributed by atoms with Crippen molar-refractivity contribution in [3.8, 4) is 0 Å². The molecular formula is C17H30O4. The summed E-state index contributed by atoms with van der Waals surface area (Å²) in [6.07, 6.45) is 8.60. The lowest BCUT2D eigenvalue weighted by Crippen LogP contribution is -2.27.